The fourth-order valence-corrected chi connectivity index (χ4v) is 1.45. The van der Waals surface area contributed by atoms with Crippen LogP contribution in [-0.2, 0) is 28.5 Å². The molecule has 1 amide bonds. The van der Waals surface area contributed by atoms with Gasteiger partial charge in [0.05, 0.1) is 46.2 Å². The average Bonchev–Trinajstić information content (AvgIpc) is 2.56. The molecule has 0 rings (SSSR count). The van der Waals surface area contributed by atoms with Crippen molar-refractivity contribution in [3.63, 3.8) is 0 Å². The lowest BCUT2D eigenvalue weighted by atomic mass is 10.1. The first-order chi connectivity index (χ1) is 11.1. The van der Waals surface area contributed by atoms with Gasteiger partial charge in [-0.2, -0.15) is 0 Å². The molecule has 0 saturated heterocycles. The SMILES string of the molecule is C#CCOCCOCCOCCNC(=O)[C@H](N)CCC(=O)OC. The normalized spacial score (nSPS) is 11.5. The second-order valence-electron chi connectivity index (χ2n) is 4.49. The third kappa shape index (κ3) is 13.7. The van der Waals surface area contributed by atoms with Gasteiger partial charge in [-0.1, -0.05) is 5.92 Å². The number of hydrogen-bond acceptors (Lipinski definition) is 7. The van der Waals surface area contributed by atoms with E-state index >= 15 is 0 Å². The summed E-state index contributed by atoms with van der Waals surface area (Å²) in [5, 5.41) is 2.63. The van der Waals surface area contributed by atoms with Crippen molar-refractivity contribution >= 4 is 11.9 Å². The van der Waals surface area contributed by atoms with Gasteiger partial charge in [-0.05, 0) is 6.42 Å². The van der Waals surface area contributed by atoms with E-state index in [1.54, 1.807) is 0 Å². The van der Waals surface area contributed by atoms with Crippen LogP contribution >= 0.6 is 0 Å². The van der Waals surface area contributed by atoms with Crippen LogP contribution in [0.1, 0.15) is 12.8 Å². The first-order valence-electron chi connectivity index (χ1n) is 7.38. The summed E-state index contributed by atoms with van der Waals surface area (Å²) in [5.41, 5.74) is 5.65. The number of carbonyl (C=O) groups excluding carboxylic acids is 2. The van der Waals surface area contributed by atoms with E-state index in [2.05, 4.69) is 16.0 Å². The molecule has 0 aromatic heterocycles. The van der Waals surface area contributed by atoms with E-state index in [1.807, 2.05) is 0 Å². The van der Waals surface area contributed by atoms with E-state index in [1.165, 1.54) is 7.11 Å². The van der Waals surface area contributed by atoms with E-state index in [9.17, 15) is 9.59 Å². The lowest BCUT2D eigenvalue weighted by molar-refractivity contribution is -0.140. The van der Waals surface area contributed by atoms with Crippen LogP contribution in [0.2, 0.25) is 0 Å². The maximum absolute atomic E-state index is 11.6. The molecule has 23 heavy (non-hydrogen) atoms. The zero-order valence-corrected chi connectivity index (χ0v) is 13.5. The van der Waals surface area contributed by atoms with Gasteiger partial charge in [0.25, 0.3) is 0 Å². The van der Waals surface area contributed by atoms with Crippen molar-refractivity contribution in [3.05, 3.63) is 0 Å². The molecule has 1 atom stereocenters. The lowest BCUT2D eigenvalue weighted by Gasteiger charge is -2.11. The smallest absolute Gasteiger partial charge is 0.305 e. The van der Waals surface area contributed by atoms with Crippen molar-refractivity contribution in [1.29, 1.82) is 0 Å². The van der Waals surface area contributed by atoms with Gasteiger partial charge in [0.2, 0.25) is 5.91 Å². The summed E-state index contributed by atoms with van der Waals surface area (Å²) in [5.74, 6) is 1.65. The summed E-state index contributed by atoms with van der Waals surface area (Å²) in [6.45, 7) is 2.73. The van der Waals surface area contributed by atoms with Gasteiger partial charge in [-0.25, -0.2) is 0 Å². The van der Waals surface area contributed by atoms with Gasteiger partial charge in [0.1, 0.15) is 6.61 Å². The van der Waals surface area contributed by atoms with Crippen molar-refractivity contribution in [2.75, 3.05) is 53.3 Å². The van der Waals surface area contributed by atoms with E-state index in [-0.39, 0.29) is 31.3 Å². The van der Waals surface area contributed by atoms with Crippen LogP contribution in [-0.4, -0.2) is 71.2 Å². The maximum atomic E-state index is 11.6. The molecule has 8 heteroatoms. The van der Waals surface area contributed by atoms with Gasteiger partial charge in [0.15, 0.2) is 0 Å². The van der Waals surface area contributed by atoms with Gasteiger partial charge >= 0.3 is 5.97 Å². The minimum absolute atomic E-state index is 0.115. The monoisotopic (exact) mass is 330 g/mol. The number of nitrogens with one attached hydrogen (secondary N) is 1. The largest absolute Gasteiger partial charge is 0.469 e. The molecular formula is C15H26N2O6. The summed E-state index contributed by atoms with van der Waals surface area (Å²) in [4.78, 5) is 22.5. The van der Waals surface area contributed by atoms with Gasteiger partial charge < -0.3 is 30.0 Å². The number of rotatable bonds is 14. The zero-order chi connectivity index (χ0) is 17.3. The second-order valence-corrected chi connectivity index (χ2v) is 4.49. The third-order valence-electron chi connectivity index (χ3n) is 2.70. The highest BCUT2D eigenvalue weighted by atomic mass is 16.5. The number of amides is 1. The molecule has 0 aromatic rings. The van der Waals surface area contributed by atoms with E-state index in [0.29, 0.717) is 39.6 Å². The fourth-order valence-electron chi connectivity index (χ4n) is 1.45. The maximum Gasteiger partial charge on any atom is 0.305 e. The second kappa shape index (κ2) is 15.2. The predicted octanol–water partition coefficient (Wildman–Crippen LogP) is -0.934. The average molecular weight is 330 g/mol. The number of terminal acetylenes is 1. The van der Waals surface area contributed by atoms with Crippen LogP contribution in [0.4, 0.5) is 0 Å². The Morgan fingerprint density at radius 2 is 1.74 bits per heavy atom. The molecule has 8 nitrogen and oxygen atoms in total. The molecule has 3 N–H and O–H groups in total. The van der Waals surface area contributed by atoms with Crippen LogP contribution in [0.3, 0.4) is 0 Å². The van der Waals surface area contributed by atoms with Crippen molar-refractivity contribution < 1.29 is 28.5 Å². The minimum atomic E-state index is -0.736. The molecule has 0 radical (unpaired) electrons. The molecule has 0 unspecified atom stereocenters. The van der Waals surface area contributed by atoms with E-state index in [0.717, 1.165) is 0 Å². The van der Waals surface area contributed by atoms with Crippen molar-refractivity contribution in [2.45, 2.75) is 18.9 Å². The highest BCUT2D eigenvalue weighted by Crippen LogP contribution is 1.96. The number of carbonyl (C=O) groups is 2. The Labute approximate surface area is 137 Å². The molecule has 0 fully saturated rings. The van der Waals surface area contributed by atoms with Gasteiger partial charge in [-0.15, -0.1) is 6.42 Å². The summed E-state index contributed by atoms with van der Waals surface area (Å²) in [6.07, 6.45) is 5.38. The quantitative estimate of drug-likeness (QED) is 0.240. The lowest BCUT2D eigenvalue weighted by Crippen LogP contribution is -2.42. The topological polar surface area (TPSA) is 109 Å². The van der Waals surface area contributed by atoms with Crippen molar-refractivity contribution in [3.8, 4) is 12.3 Å². The first kappa shape index (κ1) is 21.3. The van der Waals surface area contributed by atoms with Gasteiger partial charge in [0, 0.05) is 13.0 Å². The predicted molar refractivity (Wildman–Crippen MR) is 83.5 cm³/mol. The van der Waals surface area contributed by atoms with Crippen LogP contribution in [0, 0.1) is 12.3 Å². The molecule has 0 aliphatic carbocycles. The Bertz CT molecular complexity index is 369. The molecule has 0 heterocycles. The highest BCUT2D eigenvalue weighted by molar-refractivity contribution is 5.82. The Hall–Kier alpha value is -1.66. The number of ether oxygens (including phenoxy) is 4. The van der Waals surface area contributed by atoms with E-state index in [4.69, 9.17) is 26.4 Å². The van der Waals surface area contributed by atoms with E-state index < -0.39 is 6.04 Å². The number of esters is 1. The number of methoxy groups -OCH3 is 1. The Morgan fingerprint density at radius 1 is 1.13 bits per heavy atom. The summed E-state index contributed by atoms with van der Waals surface area (Å²) in [7, 11) is 1.29. The highest BCUT2D eigenvalue weighted by Gasteiger charge is 2.14. The zero-order valence-electron chi connectivity index (χ0n) is 13.5. The first-order valence-corrected chi connectivity index (χ1v) is 7.38. The number of nitrogens with two attached hydrogens (primary N) is 1. The molecule has 0 spiro atoms. The standard InChI is InChI=1S/C15H26N2O6/c1-3-7-21-9-11-23-12-10-22-8-6-17-15(19)13(16)4-5-14(18)20-2/h1,13H,4-12,16H2,2H3,(H,17,19)/t13-/m1/s1. The minimum Gasteiger partial charge on any atom is -0.469 e. The number of hydrogen-bond donors (Lipinski definition) is 2. The Balaban J connectivity index is 3.38. The summed E-state index contributed by atoms with van der Waals surface area (Å²) < 4.78 is 20.0. The van der Waals surface area contributed by atoms with Crippen LogP contribution in [0.5, 0.6) is 0 Å². The molecule has 132 valence electrons. The fraction of sp³-hybridized carbons (Fsp3) is 0.733. The van der Waals surface area contributed by atoms with Crippen LogP contribution in [0.15, 0.2) is 0 Å². The van der Waals surface area contributed by atoms with Crippen LogP contribution < -0.4 is 11.1 Å². The molecule has 0 saturated carbocycles. The van der Waals surface area contributed by atoms with Crippen molar-refractivity contribution in [2.24, 2.45) is 5.73 Å². The summed E-state index contributed by atoms with van der Waals surface area (Å²) >= 11 is 0. The molecule has 0 bridgehead atoms. The molecular weight excluding hydrogens is 304 g/mol. The van der Waals surface area contributed by atoms with Crippen molar-refractivity contribution in [1.82, 2.24) is 5.32 Å². The molecule has 0 aromatic carbocycles. The van der Waals surface area contributed by atoms with Crippen LogP contribution in [0.25, 0.3) is 0 Å². The molecule has 0 aliphatic heterocycles. The molecule has 0 aliphatic rings. The third-order valence-corrected chi connectivity index (χ3v) is 2.70. The Morgan fingerprint density at radius 3 is 2.35 bits per heavy atom. The Kier molecular flexibility index (Phi) is 14.1. The van der Waals surface area contributed by atoms with Gasteiger partial charge in [-0.3, -0.25) is 9.59 Å². The summed E-state index contributed by atoms with van der Waals surface area (Å²) in [6, 6.07) is -0.736.